The van der Waals surface area contributed by atoms with Gasteiger partial charge >= 0.3 is 5.97 Å². The van der Waals surface area contributed by atoms with E-state index in [2.05, 4.69) is 9.73 Å². The molecule has 0 atom stereocenters. The fourth-order valence-electron chi connectivity index (χ4n) is 2.52. The van der Waals surface area contributed by atoms with E-state index in [4.69, 9.17) is 12.2 Å². The molecule has 1 aliphatic rings. The number of carbonyl (C=O) groups is 2. The van der Waals surface area contributed by atoms with Gasteiger partial charge in [0.25, 0.3) is 5.91 Å². The minimum Gasteiger partial charge on any atom is -0.493 e. The van der Waals surface area contributed by atoms with Crippen LogP contribution in [-0.4, -0.2) is 28.7 Å². The molecule has 1 aromatic heterocycles. The molecule has 0 fully saturated rings. The maximum absolute atomic E-state index is 12.2. The van der Waals surface area contributed by atoms with Crippen molar-refractivity contribution in [1.29, 1.82) is 0 Å². The SMILES string of the molecule is COC(=O)CCCn1c(O)c(C2=c3ccccc3=NC2=O)sc1=S. The summed E-state index contributed by atoms with van der Waals surface area (Å²) in [6.07, 6.45) is 0.714. The molecule has 6 nitrogen and oxygen atoms in total. The second kappa shape index (κ2) is 6.66. The number of fused-ring (bicyclic) bond motifs is 1. The molecule has 24 heavy (non-hydrogen) atoms. The lowest BCUT2D eigenvalue weighted by molar-refractivity contribution is -0.140. The molecule has 8 heteroatoms. The second-order valence-electron chi connectivity index (χ2n) is 5.16. The van der Waals surface area contributed by atoms with Crippen LogP contribution >= 0.6 is 23.6 Å². The Morgan fingerprint density at radius 2 is 2.17 bits per heavy atom. The molecule has 0 saturated carbocycles. The Bertz CT molecular complexity index is 1000. The first-order valence-corrected chi connectivity index (χ1v) is 8.47. The van der Waals surface area contributed by atoms with Crippen molar-refractivity contribution >= 4 is 41.0 Å². The molecule has 1 N–H and O–H groups in total. The van der Waals surface area contributed by atoms with Crippen LogP contribution in [0, 0.1) is 3.95 Å². The van der Waals surface area contributed by atoms with Gasteiger partial charge in [0, 0.05) is 18.2 Å². The number of carbonyl (C=O) groups excluding carboxylic acids is 2. The number of aromatic hydroxyl groups is 1. The monoisotopic (exact) mass is 362 g/mol. The first kappa shape index (κ1) is 16.5. The van der Waals surface area contributed by atoms with E-state index in [1.807, 2.05) is 6.07 Å². The number of para-hydroxylation sites is 1. The van der Waals surface area contributed by atoms with Crippen LogP contribution < -0.4 is 10.6 Å². The van der Waals surface area contributed by atoms with Crippen LogP contribution in [0.5, 0.6) is 5.88 Å². The number of esters is 1. The molecule has 0 spiro atoms. The average molecular weight is 362 g/mol. The van der Waals surface area contributed by atoms with Crippen LogP contribution in [0.4, 0.5) is 0 Å². The topological polar surface area (TPSA) is 80.9 Å². The normalized spacial score (nSPS) is 12.9. The summed E-state index contributed by atoms with van der Waals surface area (Å²) in [5.41, 5.74) is 0.367. The molecule has 0 unspecified atom stereocenters. The Morgan fingerprint density at radius 1 is 1.42 bits per heavy atom. The highest BCUT2D eigenvalue weighted by molar-refractivity contribution is 7.73. The Kier molecular flexibility index (Phi) is 4.59. The van der Waals surface area contributed by atoms with E-state index in [-0.39, 0.29) is 24.2 Å². The quantitative estimate of drug-likeness (QED) is 0.640. The number of aromatic nitrogens is 1. The lowest BCUT2D eigenvalue weighted by Crippen LogP contribution is -2.22. The molecule has 2 aromatic rings. The molecule has 0 bridgehead atoms. The number of ether oxygens (including phenoxy) is 1. The van der Waals surface area contributed by atoms with Crippen molar-refractivity contribution in [3.63, 3.8) is 0 Å². The van der Waals surface area contributed by atoms with Crippen molar-refractivity contribution in [3.05, 3.63) is 43.7 Å². The van der Waals surface area contributed by atoms with Gasteiger partial charge in [0.05, 0.1) is 18.0 Å². The van der Waals surface area contributed by atoms with E-state index in [9.17, 15) is 14.7 Å². The third-order valence-corrected chi connectivity index (χ3v) is 5.15. The molecule has 1 amide bonds. The number of methoxy groups -OCH3 is 1. The predicted octanol–water partition coefficient (Wildman–Crippen LogP) is 1.30. The minimum absolute atomic E-state index is 0.0647. The molecule has 1 aromatic carbocycles. The van der Waals surface area contributed by atoms with Crippen molar-refractivity contribution in [1.82, 2.24) is 4.57 Å². The van der Waals surface area contributed by atoms with E-state index in [0.717, 1.165) is 11.3 Å². The summed E-state index contributed by atoms with van der Waals surface area (Å²) >= 11 is 6.45. The van der Waals surface area contributed by atoms with Gasteiger partial charge in [0.1, 0.15) is 4.88 Å². The molecule has 0 saturated heterocycles. The van der Waals surface area contributed by atoms with Gasteiger partial charge in [-0.05, 0) is 24.7 Å². The van der Waals surface area contributed by atoms with Gasteiger partial charge in [-0.25, -0.2) is 4.99 Å². The lowest BCUT2D eigenvalue weighted by atomic mass is 10.1. The molecule has 0 aliphatic carbocycles. The largest absolute Gasteiger partial charge is 0.493 e. The van der Waals surface area contributed by atoms with Crippen LogP contribution in [0.3, 0.4) is 0 Å². The Morgan fingerprint density at radius 3 is 2.92 bits per heavy atom. The van der Waals surface area contributed by atoms with Gasteiger partial charge in [0.2, 0.25) is 5.88 Å². The van der Waals surface area contributed by atoms with Crippen LogP contribution in [0.25, 0.3) is 5.57 Å². The molecule has 0 radical (unpaired) electrons. The zero-order valence-corrected chi connectivity index (χ0v) is 14.4. The number of thiazole rings is 1. The van der Waals surface area contributed by atoms with E-state index in [0.29, 0.717) is 37.9 Å². The molecular formula is C16H14N2O4S2. The molecule has 3 rings (SSSR count). The van der Waals surface area contributed by atoms with Gasteiger partial charge in [0.15, 0.2) is 3.95 Å². The zero-order valence-electron chi connectivity index (χ0n) is 12.8. The summed E-state index contributed by atoms with van der Waals surface area (Å²) in [6, 6.07) is 7.17. The van der Waals surface area contributed by atoms with Gasteiger partial charge in [-0.3, -0.25) is 14.2 Å². The number of benzene rings is 1. The highest BCUT2D eigenvalue weighted by Gasteiger charge is 2.24. The Balaban J connectivity index is 1.99. The smallest absolute Gasteiger partial charge is 0.305 e. The van der Waals surface area contributed by atoms with Gasteiger partial charge in [-0.1, -0.05) is 18.2 Å². The highest BCUT2D eigenvalue weighted by atomic mass is 32.1. The minimum atomic E-state index is -0.385. The predicted molar refractivity (Wildman–Crippen MR) is 90.8 cm³/mol. The van der Waals surface area contributed by atoms with Gasteiger partial charge < -0.3 is 9.84 Å². The number of nitrogens with zero attached hydrogens (tertiary/aromatic N) is 2. The summed E-state index contributed by atoms with van der Waals surface area (Å²) in [7, 11) is 1.33. The van der Waals surface area contributed by atoms with Crippen LogP contribution in [0.15, 0.2) is 29.3 Å². The lowest BCUT2D eigenvalue weighted by Gasteiger charge is -2.05. The standard InChI is InChI=1S/C16H14N2O4S2/c1-22-11(19)7-4-8-18-15(21)13(24-16(18)23)12-9-5-2-3-6-10(9)17-14(12)20/h2-3,5-6,21H,4,7-8H2,1H3. The van der Waals surface area contributed by atoms with E-state index in [1.165, 1.54) is 11.7 Å². The van der Waals surface area contributed by atoms with Gasteiger partial charge in [-0.2, -0.15) is 0 Å². The number of hydrogen-bond donors (Lipinski definition) is 1. The van der Waals surface area contributed by atoms with Gasteiger partial charge in [-0.15, -0.1) is 11.3 Å². The van der Waals surface area contributed by atoms with Crippen LogP contribution in [-0.2, 0) is 20.9 Å². The first-order chi connectivity index (χ1) is 11.5. The summed E-state index contributed by atoms with van der Waals surface area (Å²) in [5.74, 6) is -0.765. The van der Waals surface area contributed by atoms with E-state index >= 15 is 0 Å². The third-order valence-electron chi connectivity index (χ3n) is 3.70. The Labute approximate surface area is 146 Å². The molecule has 2 heterocycles. The van der Waals surface area contributed by atoms with Crippen LogP contribution in [0.2, 0.25) is 0 Å². The summed E-state index contributed by atoms with van der Waals surface area (Å²) in [6.45, 7) is 0.372. The number of hydrogen-bond acceptors (Lipinski definition) is 6. The van der Waals surface area contributed by atoms with Crippen molar-refractivity contribution in [2.45, 2.75) is 19.4 Å². The average Bonchev–Trinajstić information content (AvgIpc) is 3.04. The number of amides is 1. The first-order valence-electron chi connectivity index (χ1n) is 7.25. The maximum Gasteiger partial charge on any atom is 0.305 e. The highest BCUT2D eigenvalue weighted by Crippen LogP contribution is 2.32. The van der Waals surface area contributed by atoms with Crippen molar-refractivity contribution in [2.24, 2.45) is 4.99 Å². The van der Waals surface area contributed by atoms with E-state index < -0.39 is 0 Å². The van der Waals surface area contributed by atoms with E-state index in [1.54, 1.807) is 18.2 Å². The maximum atomic E-state index is 12.2. The molecular weight excluding hydrogens is 348 g/mol. The molecule has 1 aliphatic heterocycles. The summed E-state index contributed by atoms with van der Waals surface area (Å²) in [4.78, 5) is 27.8. The summed E-state index contributed by atoms with van der Waals surface area (Å²) in [5, 5.41) is 11.8. The molecule has 124 valence electrons. The van der Waals surface area contributed by atoms with Crippen LogP contribution in [0.1, 0.15) is 17.7 Å². The fraction of sp³-hybridized carbons (Fsp3) is 0.250. The summed E-state index contributed by atoms with van der Waals surface area (Å²) < 4.78 is 6.56. The van der Waals surface area contributed by atoms with Crippen molar-refractivity contribution in [2.75, 3.05) is 7.11 Å². The fourth-order valence-corrected chi connectivity index (χ4v) is 3.91. The second-order valence-corrected chi connectivity index (χ2v) is 6.81. The Hall–Kier alpha value is -2.32. The van der Waals surface area contributed by atoms with Crippen molar-refractivity contribution < 1.29 is 19.4 Å². The van der Waals surface area contributed by atoms with Crippen molar-refractivity contribution in [3.8, 4) is 5.88 Å². The number of rotatable bonds is 5. The zero-order chi connectivity index (χ0) is 17.3. The third kappa shape index (κ3) is 2.90.